The molecule has 1 aromatic carbocycles. The number of anilines is 1. The average molecular weight is 279 g/mol. The fraction of sp³-hybridized carbons (Fsp3) is 0.0909. The minimum absolute atomic E-state index is 0.0262. The normalized spacial score (nSPS) is 10.9. The van der Waals surface area contributed by atoms with Crippen molar-refractivity contribution in [2.75, 3.05) is 5.43 Å². The van der Waals surface area contributed by atoms with Gasteiger partial charge in [0.15, 0.2) is 0 Å². The zero-order valence-electron chi connectivity index (χ0n) is 10.0. The smallest absolute Gasteiger partial charge is 0.423 e. The van der Waals surface area contributed by atoms with Gasteiger partial charge >= 0.3 is 7.12 Å². The van der Waals surface area contributed by atoms with Crippen LogP contribution in [-0.2, 0) is 0 Å². The van der Waals surface area contributed by atoms with Crippen molar-refractivity contribution in [1.29, 1.82) is 0 Å². The van der Waals surface area contributed by atoms with Gasteiger partial charge in [0.1, 0.15) is 5.82 Å². The van der Waals surface area contributed by atoms with Crippen molar-refractivity contribution in [2.45, 2.75) is 6.92 Å². The van der Waals surface area contributed by atoms with Crippen LogP contribution in [-0.4, -0.2) is 28.4 Å². The molecular formula is C11H11BFN3O2S. The maximum absolute atomic E-state index is 13.6. The van der Waals surface area contributed by atoms with E-state index in [0.717, 1.165) is 5.69 Å². The molecule has 3 N–H and O–H groups in total. The van der Waals surface area contributed by atoms with Crippen LogP contribution in [0.5, 0.6) is 0 Å². The lowest BCUT2D eigenvalue weighted by atomic mass is 9.77. The van der Waals surface area contributed by atoms with Gasteiger partial charge in [-0.3, -0.25) is 5.43 Å². The van der Waals surface area contributed by atoms with Crippen molar-refractivity contribution in [3.05, 3.63) is 40.7 Å². The molecular weight excluding hydrogens is 268 g/mol. The number of nitrogens with zero attached hydrogens (tertiary/aromatic N) is 2. The number of benzene rings is 1. The Hall–Kier alpha value is -1.77. The number of thiazole rings is 1. The van der Waals surface area contributed by atoms with E-state index in [2.05, 4.69) is 15.5 Å². The third-order valence-corrected chi connectivity index (χ3v) is 3.20. The molecule has 98 valence electrons. The Morgan fingerprint density at radius 3 is 2.89 bits per heavy atom. The second-order valence-electron chi connectivity index (χ2n) is 3.78. The lowest BCUT2D eigenvalue weighted by molar-refractivity contribution is 0.425. The quantitative estimate of drug-likeness (QED) is 0.438. The third-order valence-electron chi connectivity index (χ3n) is 2.34. The van der Waals surface area contributed by atoms with E-state index >= 15 is 0 Å². The van der Waals surface area contributed by atoms with Crippen molar-refractivity contribution in [3.8, 4) is 0 Å². The minimum atomic E-state index is -1.75. The maximum atomic E-state index is 13.6. The molecule has 0 aliphatic carbocycles. The molecule has 0 atom stereocenters. The van der Waals surface area contributed by atoms with E-state index in [1.54, 1.807) is 0 Å². The van der Waals surface area contributed by atoms with Crippen LogP contribution in [0.2, 0.25) is 0 Å². The first-order valence-corrected chi connectivity index (χ1v) is 6.31. The fourth-order valence-electron chi connectivity index (χ4n) is 1.47. The molecule has 0 spiro atoms. The van der Waals surface area contributed by atoms with E-state index in [1.165, 1.54) is 35.8 Å². The summed E-state index contributed by atoms with van der Waals surface area (Å²) in [6, 6.07) is 4.04. The van der Waals surface area contributed by atoms with Gasteiger partial charge in [-0.2, -0.15) is 5.10 Å². The number of rotatable bonds is 4. The van der Waals surface area contributed by atoms with Crippen molar-refractivity contribution >= 4 is 35.3 Å². The minimum Gasteiger partial charge on any atom is -0.423 e. The van der Waals surface area contributed by atoms with Gasteiger partial charge in [0.05, 0.1) is 11.9 Å². The van der Waals surface area contributed by atoms with Gasteiger partial charge in [-0.05, 0) is 18.5 Å². The fourth-order valence-corrected chi connectivity index (χ4v) is 2.11. The highest BCUT2D eigenvalue weighted by molar-refractivity contribution is 7.13. The molecule has 19 heavy (non-hydrogen) atoms. The zero-order valence-corrected chi connectivity index (χ0v) is 10.9. The lowest BCUT2D eigenvalue weighted by Gasteiger charge is -2.05. The highest BCUT2D eigenvalue weighted by Crippen LogP contribution is 2.14. The molecule has 8 heteroatoms. The Morgan fingerprint density at radius 2 is 2.26 bits per heavy atom. The van der Waals surface area contributed by atoms with Crippen molar-refractivity contribution in [3.63, 3.8) is 0 Å². The molecule has 1 heterocycles. The molecule has 0 saturated heterocycles. The predicted molar refractivity (Wildman–Crippen MR) is 74.3 cm³/mol. The Morgan fingerprint density at radius 1 is 1.47 bits per heavy atom. The Bertz CT molecular complexity index is 603. The van der Waals surface area contributed by atoms with Crippen LogP contribution in [0, 0.1) is 12.7 Å². The Labute approximate surface area is 113 Å². The number of hydrazone groups is 1. The summed E-state index contributed by atoms with van der Waals surface area (Å²) in [5.41, 5.74) is 3.60. The van der Waals surface area contributed by atoms with E-state index < -0.39 is 12.9 Å². The first kappa shape index (κ1) is 13.7. The van der Waals surface area contributed by atoms with Gasteiger partial charge in [0.2, 0.25) is 5.13 Å². The van der Waals surface area contributed by atoms with E-state index in [9.17, 15) is 4.39 Å². The number of nitrogens with one attached hydrogen (secondary N) is 1. The molecule has 2 aromatic rings. The van der Waals surface area contributed by atoms with Crippen LogP contribution in [0.4, 0.5) is 9.52 Å². The molecule has 0 radical (unpaired) electrons. The van der Waals surface area contributed by atoms with Crippen LogP contribution in [0.25, 0.3) is 0 Å². The second-order valence-corrected chi connectivity index (χ2v) is 4.64. The second kappa shape index (κ2) is 5.92. The molecule has 0 bridgehead atoms. The molecule has 0 amide bonds. The summed E-state index contributed by atoms with van der Waals surface area (Å²) in [5, 5.41) is 24.6. The van der Waals surface area contributed by atoms with Gasteiger partial charge in [0, 0.05) is 10.9 Å². The summed E-state index contributed by atoms with van der Waals surface area (Å²) in [6.45, 7) is 1.85. The van der Waals surface area contributed by atoms with Crippen molar-refractivity contribution in [1.82, 2.24) is 4.98 Å². The van der Waals surface area contributed by atoms with Crippen molar-refractivity contribution < 1.29 is 14.4 Å². The van der Waals surface area contributed by atoms with Crippen LogP contribution in [0.15, 0.2) is 28.7 Å². The summed E-state index contributed by atoms with van der Waals surface area (Å²) in [5.74, 6) is -0.577. The number of hydrogen-bond donors (Lipinski definition) is 3. The van der Waals surface area contributed by atoms with E-state index in [4.69, 9.17) is 10.0 Å². The summed E-state index contributed by atoms with van der Waals surface area (Å²) >= 11 is 1.37. The standard InChI is InChI=1S/C11H11BFN3O2S/c1-7-6-19-11(15-7)16-14-5-8-9(12(17)18)3-2-4-10(8)13/h2-6,17-18H,1H3,(H,15,16). The number of hydrogen-bond acceptors (Lipinski definition) is 6. The number of aromatic nitrogens is 1. The third kappa shape index (κ3) is 3.37. The average Bonchev–Trinajstić information content (AvgIpc) is 2.77. The van der Waals surface area contributed by atoms with E-state index in [-0.39, 0.29) is 11.0 Å². The van der Waals surface area contributed by atoms with Gasteiger partial charge in [0.25, 0.3) is 0 Å². The molecule has 5 nitrogen and oxygen atoms in total. The zero-order chi connectivity index (χ0) is 13.8. The summed E-state index contributed by atoms with van der Waals surface area (Å²) in [7, 11) is -1.75. The summed E-state index contributed by atoms with van der Waals surface area (Å²) in [4.78, 5) is 4.12. The van der Waals surface area contributed by atoms with Gasteiger partial charge in [-0.1, -0.05) is 12.1 Å². The van der Waals surface area contributed by atoms with Gasteiger partial charge in [-0.15, -0.1) is 11.3 Å². The Kier molecular flexibility index (Phi) is 4.25. The van der Waals surface area contributed by atoms with Crippen LogP contribution in [0.3, 0.4) is 0 Å². The predicted octanol–water partition coefficient (Wildman–Crippen LogP) is 0.716. The van der Waals surface area contributed by atoms with Crippen LogP contribution >= 0.6 is 11.3 Å². The Balaban J connectivity index is 2.18. The highest BCUT2D eigenvalue weighted by atomic mass is 32.1. The lowest BCUT2D eigenvalue weighted by Crippen LogP contribution is -2.33. The number of halogens is 1. The molecule has 0 aliphatic rings. The van der Waals surface area contributed by atoms with Crippen LogP contribution in [0.1, 0.15) is 11.3 Å². The first-order valence-electron chi connectivity index (χ1n) is 5.43. The molecule has 0 unspecified atom stereocenters. The molecule has 1 aromatic heterocycles. The monoisotopic (exact) mass is 279 g/mol. The topological polar surface area (TPSA) is 77.7 Å². The first-order chi connectivity index (χ1) is 9.08. The number of aryl methyl sites for hydroxylation is 1. The molecule has 0 saturated carbocycles. The van der Waals surface area contributed by atoms with Crippen molar-refractivity contribution in [2.24, 2.45) is 5.10 Å². The molecule has 0 fully saturated rings. The summed E-state index contributed by atoms with van der Waals surface area (Å²) in [6.07, 6.45) is 1.20. The maximum Gasteiger partial charge on any atom is 0.489 e. The highest BCUT2D eigenvalue weighted by Gasteiger charge is 2.17. The van der Waals surface area contributed by atoms with Gasteiger partial charge < -0.3 is 10.0 Å². The molecule has 2 rings (SSSR count). The van der Waals surface area contributed by atoms with Crippen LogP contribution < -0.4 is 10.9 Å². The van der Waals surface area contributed by atoms with E-state index in [1.807, 2.05) is 12.3 Å². The van der Waals surface area contributed by atoms with E-state index in [0.29, 0.717) is 5.13 Å². The largest absolute Gasteiger partial charge is 0.489 e. The van der Waals surface area contributed by atoms with Gasteiger partial charge in [-0.25, -0.2) is 9.37 Å². The molecule has 0 aliphatic heterocycles. The SMILES string of the molecule is Cc1csc(NN=Cc2c(F)cccc2B(O)O)n1. The summed E-state index contributed by atoms with van der Waals surface area (Å²) < 4.78 is 13.6.